The molecule has 1 amide bonds. The zero-order chi connectivity index (χ0) is 20.6. The third-order valence-electron chi connectivity index (χ3n) is 4.24. The Hall–Kier alpha value is -4.05. The molecule has 2 N–H and O–H groups in total. The van der Waals surface area contributed by atoms with E-state index in [0.717, 1.165) is 5.56 Å². The Morgan fingerprint density at radius 3 is 2.62 bits per heavy atom. The number of hydrogen-bond donors (Lipinski definition) is 2. The summed E-state index contributed by atoms with van der Waals surface area (Å²) in [6, 6.07) is 16.2. The summed E-state index contributed by atoms with van der Waals surface area (Å²) in [5.74, 6) is 0.971. The molecule has 0 unspecified atom stereocenters. The first-order chi connectivity index (χ1) is 14.1. The molecule has 0 radical (unpaired) electrons. The van der Waals surface area contributed by atoms with Gasteiger partial charge in [-0.3, -0.25) is 9.78 Å². The average Bonchev–Trinajstić information content (AvgIpc) is 2.78. The van der Waals surface area contributed by atoms with Crippen molar-refractivity contribution in [2.75, 3.05) is 24.9 Å². The zero-order valence-corrected chi connectivity index (χ0v) is 16.1. The molecule has 0 spiro atoms. The lowest BCUT2D eigenvalue weighted by Gasteiger charge is -2.11. The average molecular weight is 388 g/mol. The molecule has 146 valence electrons. The van der Waals surface area contributed by atoms with Crippen molar-refractivity contribution in [3.05, 3.63) is 77.6 Å². The van der Waals surface area contributed by atoms with Crippen molar-refractivity contribution < 1.29 is 14.3 Å². The van der Waals surface area contributed by atoms with Crippen molar-refractivity contribution in [3.63, 3.8) is 0 Å². The normalized spacial score (nSPS) is 9.97. The fourth-order valence-electron chi connectivity index (χ4n) is 2.74. The van der Waals surface area contributed by atoms with Gasteiger partial charge in [-0.15, -0.1) is 0 Å². The standard InChI is InChI=1S/C22H20N4O3/c1-28-20-8-7-15(9-21(20)29-2)12-25-18-10-17(13-24-14-18)22(27)26-19-6-4-3-5-16(19)11-23/h3-10,13-14,25H,12H2,1-2H3,(H,26,27). The summed E-state index contributed by atoms with van der Waals surface area (Å²) in [6.07, 6.45) is 3.12. The summed E-state index contributed by atoms with van der Waals surface area (Å²) >= 11 is 0. The molecule has 1 aromatic heterocycles. The molecule has 0 bridgehead atoms. The molecule has 1 heterocycles. The van der Waals surface area contributed by atoms with Crippen molar-refractivity contribution in [2.24, 2.45) is 0 Å². The Bertz CT molecular complexity index is 1060. The topological polar surface area (TPSA) is 96.3 Å². The Labute approximate surface area is 168 Å². The maximum atomic E-state index is 12.5. The van der Waals surface area contributed by atoms with Gasteiger partial charge < -0.3 is 20.1 Å². The van der Waals surface area contributed by atoms with E-state index in [1.165, 1.54) is 6.20 Å². The van der Waals surface area contributed by atoms with Gasteiger partial charge in [-0.2, -0.15) is 5.26 Å². The van der Waals surface area contributed by atoms with Crippen LogP contribution in [0.4, 0.5) is 11.4 Å². The van der Waals surface area contributed by atoms with Crippen LogP contribution in [0.2, 0.25) is 0 Å². The fraction of sp³-hybridized carbons (Fsp3) is 0.136. The Balaban J connectivity index is 1.69. The van der Waals surface area contributed by atoms with E-state index in [1.807, 2.05) is 18.2 Å². The molecule has 0 atom stereocenters. The molecule has 3 aromatic rings. The van der Waals surface area contributed by atoms with Crippen molar-refractivity contribution >= 4 is 17.3 Å². The van der Waals surface area contributed by atoms with Gasteiger partial charge in [0.05, 0.1) is 36.7 Å². The monoisotopic (exact) mass is 388 g/mol. The number of amides is 1. The number of nitrogens with one attached hydrogen (secondary N) is 2. The number of carbonyl (C=O) groups is 1. The minimum Gasteiger partial charge on any atom is -0.493 e. The first kappa shape index (κ1) is 19.7. The van der Waals surface area contributed by atoms with Crippen molar-refractivity contribution in [2.45, 2.75) is 6.54 Å². The van der Waals surface area contributed by atoms with Crippen LogP contribution in [-0.4, -0.2) is 25.1 Å². The third-order valence-corrected chi connectivity index (χ3v) is 4.24. The highest BCUT2D eigenvalue weighted by Gasteiger charge is 2.10. The summed E-state index contributed by atoms with van der Waals surface area (Å²) in [5.41, 5.74) is 2.93. The molecular weight excluding hydrogens is 368 g/mol. The van der Waals surface area contributed by atoms with E-state index in [1.54, 1.807) is 50.7 Å². The van der Waals surface area contributed by atoms with Crippen LogP contribution in [0, 0.1) is 11.3 Å². The second-order valence-electron chi connectivity index (χ2n) is 6.12. The molecule has 0 saturated carbocycles. The van der Waals surface area contributed by atoms with E-state index in [0.29, 0.717) is 40.5 Å². The van der Waals surface area contributed by atoms with Gasteiger partial charge in [-0.05, 0) is 35.9 Å². The number of carbonyl (C=O) groups excluding carboxylic acids is 1. The number of rotatable bonds is 7. The SMILES string of the molecule is COc1ccc(CNc2cncc(C(=O)Nc3ccccc3C#N)c2)cc1OC. The van der Waals surface area contributed by atoms with E-state index in [-0.39, 0.29) is 5.91 Å². The zero-order valence-electron chi connectivity index (χ0n) is 16.1. The Kier molecular flexibility index (Phi) is 6.28. The molecule has 3 rings (SSSR count). The highest BCUT2D eigenvalue weighted by Crippen LogP contribution is 2.27. The van der Waals surface area contributed by atoms with Gasteiger partial charge in [0.1, 0.15) is 6.07 Å². The van der Waals surface area contributed by atoms with Gasteiger partial charge in [0.15, 0.2) is 11.5 Å². The number of nitriles is 1. The van der Waals surface area contributed by atoms with Crippen LogP contribution in [0.15, 0.2) is 60.9 Å². The summed E-state index contributed by atoms with van der Waals surface area (Å²) < 4.78 is 10.6. The molecule has 7 nitrogen and oxygen atoms in total. The van der Waals surface area contributed by atoms with Gasteiger partial charge in [0.25, 0.3) is 5.91 Å². The molecule has 0 saturated heterocycles. The molecule has 0 aliphatic rings. The van der Waals surface area contributed by atoms with Gasteiger partial charge in [0, 0.05) is 18.9 Å². The predicted octanol–water partition coefficient (Wildman–Crippen LogP) is 3.83. The first-order valence-corrected chi connectivity index (χ1v) is 8.85. The number of pyridine rings is 1. The molecule has 2 aromatic carbocycles. The lowest BCUT2D eigenvalue weighted by atomic mass is 10.1. The number of methoxy groups -OCH3 is 2. The van der Waals surface area contributed by atoms with E-state index in [2.05, 4.69) is 21.7 Å². The number of benzene rings is 2. The molecule has 29 heavy (non-hydrogen) atoms. The van der Waals surface area contributed by atoms with Crippen LogP contribution >= 0.6 is 0 Å². The molecule has 0 fully saturated rings. The summed E-state index contributed by atoms with van der Waals surface area (Å²) in [6.45, 7) is 0.518. The number of nitrogens with zero attached hydrogens (tertiary/aromatic N) is 2. The lowest BCUT2D eigenvalue weighted by Crippen LogP contribution is -2.13. The predicted molar refractivity (Wildman–Crippen MR) is 110 cm³/mol. The van der Waals surface area contributed by atoms with Crippen LogP contribution in [0.3, 0.4) is 0 Å². The van der Waals surface area contributed by atoms with Gasteiger partial charge in [0.2, 0.25) is 0 Å². The van der Waals surface area contributed by atoms with Crippen LogP contribution in [0.5, 0.6) is 11.5 Å². The van der Waals surface area contributed by atoms with Gasteiger partial charge >= 0.3 is 0 Å². The number of aromatic nitrogens is 1. The van der Waals surface area contributed by atoms with Crippen LogP contribution in [0.25, 0.3) is 0 Å². The van der Waals surface area contributed by atoms with Crippen LogP contribution in [-0.2, 0) is 6.54 Å². The summed E-state index contributed by atoms with van der Waals surface area (Å²) in [4.78, 5) is 16.7. The second kappa shape index (κ2) is 9.24. The quantitative estimate of drug-likeness (QED) is 0.638. The molecule has 0 aliphatic heterocycles. The van der Waals surface area contributed by atoms with E-state index in [9.17, 15) is 4.79 Å². The maximum absolute atomic E-state index is 12.5. The summed E-state index contributed by atoms with van der Waals surface area (Å²) in [5, 5.41) is 15.1. The highest BCUT2D eigenvalue weighted by molar-refractivity contribution is 6.05. The fourth-order valence-corrected chi connectivity index (χ4v) is 2.74. The minimum atomic E-state index is -0.338. The number of hydrogen-bond acceptors (Lipinski definition) is 6. The third kappa shape index (κ3) is 4.82. The smallest absolute Gasteiger partial charge is 0.257 e. The summed E-state index contributed by atoms with van der Waals surface area (Å²) in [7, 11) is 3.18. The Morgan fingerprint density at radius 1 is 1.07 bits per heavy atom. The maximum Gasteiger partial charge on any atom is 0.257 e. The largest absolute Gasteiger partial charge is 0.493 e. The number of anilines is 2. The lowest BCUT2D eigenvalue weighted by molar-refractivity contribution is 0.102. The molecule has 7 heteroatoms. The van der Waals surface area contributed by atoms with E-state index < -0.39 is 0 Å². The molecule has 0 aliphatic carbocycles. The second-order valence-corrected chi connectivity index (χ2v) is 6.12. The van der Waals surface area contributed by atoms with Crippen molar-refractivity contribution in [1.29, 1.82) is 5.26 Å². The number of para-hydroxylation sites is 1. The van der Waals surface area contributed by atoms with Crippen LogP contribution in [0.1, 0.15) is 21.5 Å². The molecular formula is C22H20N4O3. The first-order valence-electron chi connectivity index (χ1n) is 8.85. The van der Waals surface area contributed by atoms with Gasteiger partial charge in [-0.1, -0.05) is 18.2 Å². The number of ether oxygens (including phenoxy) is 2. The Morgan fingerprint density at radius 2 is 1.86 bits per heavy atom. The van der Waals surface area contributed by atoms with Crippen molar-refractivity contribution in [1.82, 2.24) is 4.98 Å². The highest BCUT2D eigenvalue weighted by atomic mass is 16.5. The van der Waals surface area contributed by atoms with Crippen molar-refractivity contribution in [3.8, 4) is 17.6 Å². The van der Waals surface area contributed by atoms with Crippen LogP contribution < -0.4 is 20.1 Å². The van der Waals surface area contributed by atoms with E-state index in [4.69, 9.17) is 14.7 Å². The van der Waals surface area contributed by atoms with E-state index >= 15 is 0 Å². The van der Waals surface area contributed by atoms with Gasteiger partial charge in [-0.25, -0.2) is 0 Å². The minimum absolute atomic E-state index is 0.338.